The van der Waals surface area contributed by atoms with Crippen molar-refractivity contribution < 1.29 is 38.1 Å². The van der Waals surface area contributed by atoms with Crippen LogP contribution in [0.4, 0.5) is 22.7 Å². The molecule has 0 unspecified atom stereocenters. The average Bonchev–Trinajstić information content (AvgIpc) is 3.25. The molecular formula is C44H34Cl4N4O8. The lowest BCUT2D eigenvalue weighted by Crippen LogP contribution is -2.16. The van der Waals surface area contributed by atoms with Crippen molar-refractivity contribution in [2.45, 2.75) is 12.8 Å². The first-order chi connectivity index (χ1) is 29.0. The number of hydrogen-bond donors (Lipinski definition) is 2. The van der Waals surface area contributed by atoms with Crippen LogP contribution in [0.2, 0.25) is 20.1 Å². The fourth-order valence-corrected chi connectivity index (χ4v) is 6.57. The number of ether oxygens (including phenoxy) is 4. The highest BCUT2D eigenvalue weighted by molar-refractivity contribution is 6.40. The lowest BCUT2D eigenvalue weighted by atomic mass is 10.1. The topological polar surface area (TPSA) is 155 Å². The van der Waals surface area contributed by atoms with Crippen LogP contribution < -0.4 is 10.6 Å². The highest BCUT2D eigenvalue weighted by atomic mass is 35.5. The number of carbonyl (C=O) groups is 4. The van der Waals surface area contributed by atoms with Crippen molar-refractivity contribution in [1.82, 2.24) is 9.97 Å². The Labute approximate surface area is 364 Å². The maximum atomic E-state index is 12.6. The van der Waals surface area contributed by atoms with E-state index in [1.54, 1.807) is 84.9 Å². The zero-order chi connectivity index (χ0) is 42.4. The molecular weight excluding hydrogens is 854 g/mol. The predicted octanol–water partition coefficient (Wildman–Crippen LogP) is 10.1. The molecule has 2 heterocycles. The quantitative estimate of drug-likeness (QED) is 0.0509. The van der Waals surface area contributed by atoms with E-state index < -0.39 is 23.9 Å². The Kier molecular flexibility index (Phi) is 15.3. The molecule has 12 nitrogen and oxygen atoms in total. The third kappa shape index (κ3) is 12.0. The number of halogens is 4. The molecule has 16 heteroatoms. The molecule has 0 bridgehead atoms. The van der Waals surface area contributed by atoms with E-state index in [9.17, 15) is 19.2 Å². The fourth-order valence-electron chi connectivity index (χ4n) is 5.59. The predicted molar refractivity (Wildman–Crippen MR) is 230 cm³/mol. The molecule has 0 fully saturated rings. The number of anilines is 4. The van der Waals surface area contributed by atoms with Crippen molar-refractivity contribution in [2.75, 3.05) is 37.1 Å². The largest absolute Gasteiger partial charge is 0.462 e. The number of nitrogens with one attached hydrogen (secondary N) is 2. The minimum atomic E-state index is -0.659. The molecule has 6 aromatic rings. The van der Waals surface area contributed by atoms with E-state index in [4.69, 9.17) is 65.4 Å². The summed E-state index contributed by atoms with van der Waals surface area (Å²) >= 11 is 25.1. The zero-order valence-electron chi connectivity index (χ0n) is 31.5. The highest BCUT2D eigenvalue weighted by Gasteiger charge is 2.16. The third-order valence-corrected chi connectivity index (χ3v) is 9.83. The van der Waals surface area contributed by atoms with E-state index >= 15 is 0 Å². The Bertz CT molecular complexity index is 2270. The van der Waals surface area contributed by atoms with Crippen molar-refractivity contribution in [3.8, 4) is 11.4 Å². The van der Waals surface area contributed by atoms with Gasteiger partial charge in [0, 0.05) is 23.8 Å². The molecule has 0 saturated carbocycles. The van der Waals surface area contributed by atoms with E-state index in [1.165, 1.54) is 24.5 Å². The summed E-state index contributed by atoms with van der Waals surface area (Å²) in [4.78, 5) is 59.0. The van der Waals surface area contributed by atoms with Gasteiger partial charge >= 0.3 is 23.9 Å². The first-order valence-corrected chi connectivity index (χ1v) is 19.7. The molecule has 0 radical (unpaired) electrons. The molecule has 2 N–H and O–H groups in total. The normalized spacial score (nSPS) is 10.7. The number of hydrogen-bond acceptors (Lipinski definition) is 12. The van der Waals surface area contributed by atoms with E-state index in [0.29, 0.717) is 65.4 Å². The number of para-hydroxylation sites is 4. The molecule has 0 saturated heterocycles. The number of esters is 4. The number of aromatic nitrogens is 2. The zero-order valence-corrected chi connectivity index (χ0v) is 34.5. The molecule has 0 amide bonds. The van der Waals surface area contributed by atoms with Crippen LogP contribution in [-0.4, -0.2) is 60.3 Å². The molecule has 0 aliphatic carbocycles. The molecule has 6 rings (SSSR count). The first-order valence-electron chi connectivity index (χ1n) is 18.2. The molecule has 60 heavy (non-hydrogen) atoms. The minimum absolute atomic E-state index is 0.0445. The van der Waals surface area contributed by atoms with Gasteiger partial charge in [-0.2, -0.15) is 0 Å². The van der Waals surface area contributed by atoms with Crippen molar-refractivity contribution in [2.24, 2.45) is 0 Å². The van der Waals surface area contributed by atoms with E-state index in [-0.39, 0.29) is 50.4 Å². The maximum Gasteiger partial charge on any atom is 0.339 e. The van der Waals surface area contributed by atoms with Crippen molar-refractivity contribution in [1.29, 1.82) is 0 Å². The Hall–Kier alpha value is -6.18. The Morgan fingerprint density at radius 1 is 0.450 bits per heavy atom. The number of rotatable bonds is 17. The summed E-state index contributed by atoms with van der Waals surface area (Å²) in [6.45, 7) is -0.643. The summed E-state index contributed by atoms with van der Waals surface area (Å²) in [6.07, 6.45) is 2.57. The van der Waals surface area contributed by atoms with Gasteiger partial charge in [0.2, 0.25) is 0 Å². The lowest BCUT2D eigenvalue weighted by molar-refractivity contribution is -0.144. The summed E-state index contributed by atoms with van der Waals surface area (Å²) in [5.41, 5.74) is 4.85. The molecule has 0 atom stereocenters. The van der Waals surface area contributed by atoms with Gasteiger partial charge in [-0.3, -0.25) is 19.6 Å². The summed E-state index contributed by atoms with van der Waals surface area (Å²) in [5, 5.41) is 8.06. The molecule has 0 spiro atoms. The second-order valence-electron chi connectivity index (χ2n) is 12.7. The summed E-state index contributed by atoms with van der Waals surface area (Å²) < 4.78 is 21.1. The van der Waals surface area contributed by atoms with Gasteiger partial charge in [-0.05, 0) is 71.8 Å². The lowest BCUT2D eigenvalue weighted by Gasteiger charge is -2.14. The van der Waals surface area contributed by atoms with Gasteiger partial charge < -0.3 is 29.6 Å². The number of nitrogens with zero attached hydrogens (tertiary/aromatic N) is 2. The van der Waals surface area contributed by atoms with Gasteiger partial charge in [-0.15, -0.1) is 0 Å². The van der Waals surface area contributed by atoms with Gasteiger partial charge in [-0.25, -0.2) is 9.59 Å². The summed E-state index contributed by atoms with van der Waals surface area (Å²) in [7, 11) is 0. The Balaban J connectivity index is 0.898. The van der Waals surface area contributed by atoms with Gasteiger partial charge in [0.1, 0.15) is 26.4 Å². The van der Waals surface area contributed by atoms with Gasteiger partial charge in [-0.1, -0.05) is 94.9 Å². The SMILES string of the molecule is O=C(Cc1ccccc1Nc1c(Cl)cccc1Cl)OCCOC(=O)c1ccc(-c2ccc(C(=O)OCCOC(=O)Cc3ccccc3Nc3c(Cl)cccc3Cl)cn2)nc1. The van der Waals surface area contributed by atoms with Crippen LogP contribution in [0.15, 0.2) is 122 Å². The van der Waals surface area contributed by atoms with Crippen molar-refractivity contribution >= 4 is 93.0 Å². The standard InChI is InChI=1S/C44H34Cl4N4O8/c45-31-9-5-10-32(46)41(31)51-35-13-3-1-7-27(35)23-39(53)57-19-21-59-43(55)29-15-17-37(49-25-29)38-18-16-30(26-50-38)44(56)60-22-20-58-40(54)24-28-8-2-4-14-36(28)52-42-33(47)11-6-12-34(42)48/h1-18,25-26,51-52H,19-24H2. The number of pyridine rings is 2. The van der Waals surface area contributed by atoms with E-state index in [0.717, 1.165) is 0 Å². The molecule has 4 aromatic carbocycles. The van der Waals surface area contributed by atoms with Gasteiger partial charge in [0.05, 0.1) is 66.8 Å². The Morgan fingerprint density at radius 3 is 1.18 bits per heavy atom. The third-order valence-electron chi connectivity index (χ3n) is 8.57. The second kappa shape index (κ2) is 21.2. The smallest absolute Gasteiger partial charge is 0.339 e. The number of carbonyl (C=O) groups excluding carboxylic acids is 4. The van der Waals surface area contributed by atoms with Crippen LogP contribution in [0, 0.1) is 0 Å². The van der Waals surface area contributed by atoms with E-state index in [1.807, 2.05) is 12.1 Å². The van der Waals surface area contributed by atoms with Gasteiger partial charge in [0.15, 0.2) is 0 Å². The summed E-state index contributed by atoms with van der Waals surface area (Å²) in [5.74, 6) is -2.36. The first kappa shape index (κ1) is 43.4. The van der Waals surface area contributed by atoms with Gasteiger partial charge in [0.25, 0.3) is 0 Å². The van der Waals surface area contributed by atoms with Crippen LogP contribution in [0.5, 0.6) is 0 Å². The summed E-state index contributed by atoms with van der Waals surface area (Å²) in [6, 6.07) is 30.8. The second-order valence-corrected chi connectivity index (χ2v) is 14.3. The van der Waals surface area contributed by atoms with Crippen LogP contribution in [0.1, 0.15) is 31.8 Å². The fraction of sp³-hybridized carbons (Fsp3) is 0.136. The minimum Gasteiger partial charge on any atom is -0.462 e. The average molecular weight is 889 g/mol. The van der Waals surface area contributed by atoms with Crippen LogP contribution in [0.25, 0.3) is 11.4 Å². The van der Waals surface area contributed by atoms with Crippen LogP contribution in [0.3, 0.4) is 0 Å². The Morgan fingerprint density at radius 2 is 0.817 bits per heavy atom. The maximum absolute atomic E-state index is 12.6. The highest BCUT2D eigenvalue weighted by Crippen LogP contribution is 2.35. The van der Waals surface area contributed by atoms with E-state index in [2.05, 4.69) is 20.6 Å². The molecule has 0 aliphatic heterocycles. The number of benzene rings is 4. The van der Waals surface area contributed by atoms with Crippen molar-refractivity contribution in [3.05, 3.63) is 164 Å². The molecule has 2 aromatic heterocycles. The molecule has 306 valence electrons. The van der Waals surface area contributed by atoms with Crippen molar-refractivity contribution in [3.63, 3.8) is 0 Å². The molecule has 0 aliphatic rings. The monoisotopic (exact) mass is 886 g/mol. The van der Waals surface area contributed by atoms with Crippen LogP contribution in [-0.2, 0) is 41.4 Å². The van der Waals surface area contributed by atoms with Crippen LogP contribution >= 0.6 is 46.4 Å².